The Bertz CT molecular complexity index is 143. The first-order valence-electron chi connectivity index (χ1n) is 4.08. The molecule has 0 spiro atoms. The number of ketones is 1. The molecule has 0 bridgehead atoms. The van der Waals surface area contributed by atoms with Gasteiger partial charge in [-0.3, -0.25) is 4.79 Å². The van der Waals surface area contributed by atoms with E-state index in [4.69, 9.17) is 0 Å². The van der Waals surface area contributed by atoms with Gasteiger partial charge < -0.3 is 0 Å². The van der Waals surface area contributed by atoms with Gasteiger partial charge in [0.05, 0.1) is 0 Å². The van der Waals surface area contributed by atoms with Crippen molar-refractivity contribution in [2.45, 2.75) is 40.0 Å². The number of Topliss-reactive ketones (excluding diaryl/α,β-unsaturated/α-hetero) is 1. The highest BCUT2D eigenvalue weighted by Gasteiger charge is 2.43. The van der Waals surface area contributed by atoms with Gasteiger partial charge in [-0.15, -0.1) is 0 Å². The standard InChI is InChI=1S/C9H16O/c1-7(2)6-8(10)9(3)4-5-9/h7H,4-6H2,1-3H3. The smallest absolute Gasteiger partial charge is 0.139 e. The second-order valence-electron chi connectivity index (χ2n) is 4.08. The van der Waals surface area contributed by atoms with Crippen LogP contribution in [-0.2, 0) is 4.79 Å². The van der Waals surface area contributed by atoms with E-state index in [0.29, 0.717) is 11.7 Å². The molecular weight excluding hydrogens is 124 g/mol. The Balaban J connectivity index is 2.35. The van der Waals surface area contributed by atoms with E-state index in [-0.39, 0.29) is 5.41 Å². The average molecular weight is 140 g/mol. The van der Waals surface area contributed by atoms with Gasteiger partial charge in [0.25, 0.3) is 0 Å². The lowest BCUT2D eigenvalue weighted by atomic mass is 9.96. The van der Waals surface area contributed by atoms with Gasteiger partial charge in [-0.25, -0.2) is 0 Å². The minimum Gasteiger partial charge on any atom is -0.299 e. The summed E-state index contributed by atoms with van der Waals surface area (Å²) >= 11 is 0. The van der Waals surface area contributed by atoms with Gasteiger partial charge >= 0.3 is 0 Å². The molecule has 1 nitrogen and oxygen atoms in total. The molecule has 1 aliphatic carbocycles. The minimum atomic E-state index is 0.101. The summed E-state index contributed by atoms with van der Waals surface area (Å²) in [7, 11) is 0. The molecule has 1 saturated carbocycles. The van der Waals surface area contributed by atoms with Gasteiger partial charge in [-0.05, 0) is 18.8 Å². The fourth-order valence-electron chi connectivity index (χ4n) is 1.08. The number of carbonyl (C=O) groups is 1. The van der Waals surface area contributed by atoms with Crippen molar-refractivity contribution in [3.05, 3.63) is 0 Å². The van der Waals surface area contributed by atoms with Crippen LogP contribution in [0.3, 0.4) is 0 Å². The molecule has 58 valence electrons. The third-order valence-corrected chi connectivity index (χ3v) is 2.27. The molecule has 0 amide bonds. The Morgan fingerprint density at radius 1 is 1.50 bits per heavy atom. The Kier molecular flexibility index (Phi) is 1.84. The van der Waals surface area contributed by atoms with Crippen molar-refractivity contribution in [2.24, 2.45) is 11.3 Å². The van der Waals surface area contributed by atoms with Crippen molar-refractivity contribution in [1.82, 2.24) is 0 Å². The predicted molar refractivity (Wildman–Crippen MR) is 41.8 cm³/mol. The highest BCUT2D eigenvalue weighted by molar-refractivity contribution is 5.86. The summed E-state index contributed by atoms with van der Waals surface area (Å²) in [5.74, 6) is 1.01. The summed E-state index contributed by atoms with van der Waals surface area (Å²) in [6.07, 6.45) is 3.02. The molecule has 1 rings (SSSR count). The second-order valence-corrected chi connectivity index (χ2v) is 4.08. The first-order valence-corrected chi connectivity index (χ1v) is 4.08. The van der Waals surface area contributed by atoms with Crippen LogP contribution in [0.1, 0.15) is 40.0 Å². The summed E-state index contributed by atoms with van der Waals surface area (Å²) in [5, 5.41) is 0. The van der Waals surface area contributed by atoms with E-state index in [2.05, 4.69) is 20.8 Å². The highest BCUT2D eigenvalue weighted by atomic mass is 16.1. The lowest BCUT2D eigenvalue weighted by molar-refractivity contribution is -0.124. The SMILES string of the molecule is CC(C)CC(=O)C1(C)CC1. The molecule has 1 aliphatic rings. The van der Waals surface area contributed by atoms with Crippen LogP contribution < -0.4 is 0 Å². The molecule has 1 fully saturated rings. The summed E-state index contributed by atoms with van der Waals surface area (Å²) in [4.78, 5) is 11.3. The molecule has 10 heavy (non-hydrogen) atoms. The predicted octanol–water partition coefficient (Wildman–Crippen LogP) is 2.40. The number of hydrogen-bond acceptors (Lipinski definition) is 1. The van der Waals surface area contributed by atoms with Gasteiger partial charge in [-0.1, -0.05) is 20.8 Å². The monoisotopic (exact) mass is 140 g/mol. The van der Waals surface area contributed by atoms with E-state index in [1.165, 1.54) is 0 Å². The zero-order valence-electron chi connectivity index (χ0n) is 7.11. The minimum absolute atomic E-state index is 0.101. The van der Waals surface area contributed by atoms with Crippen molar-refractivity contribution in [3.63, 3.8) is 0 Å². The zero-order valence-corrected chi connectivity index (χ0v) is 7.11. The highest BCUT2D eigenvalue weighted by Crippen LogP contribution is 2.46. The van der Waals surface area contributed by atoms with Crippen molar-refractivity contribution in [1.29, 1.82) is 0 Å². The van der Waals surface area contributed by atoms with Crippen LogP contribution in [0.15, 0.2) is 0 Å². The molecular formula is C9H16O. The zero-order chi connectivity index (χ0) is 7.78. The molecule has 0 aromatic heterocycles. The van der Waals surface area contributed by atoms with E-state index < -0.39 is 0 Å². The second kappa shape index (κ2) is 2.37. The molecule has 0 atom stereocenters. The summed E-state index contributed by atoms with van der Waals surface area (Å²) in [6.45, 7) is 6.28. The van der Waals surface area contributed by atoms with E-state index >= 15 is 0 Å². The quantitative estimate of drug-likeness (QED) is 0.588. The summed E-state index contributed by atoms with van der Waals surface area (Å²) < 4.78 is 0. The maximum absolute atomic E-state index is 11.3. The Morgan fingerprint density at radius 3 is 2.30 bits per heavy atom. The van der Waals surface area contributed by atoms with Crippen LogP contribution in [0, 0.1) is 11.3 Å². The lowest BCUT2D eigenvalue weighted by Crippen LogP contribution is -2.13. The van der Waals surface area contributed by atoms with Crippen molar-refractivity contribution >= 4 is 5.78 Å². The first-order chi connectivity index (χ1) is 4.54. The van der Waals surface area contributed by atoms with Crippen LogP contribution >= 0.6 is 0 Å². The normalized spacial score (nSPS) is 21.2. The Morgan fingerprint density at radius 2 is 2.00 bits per heavy atom. The third kappa shape index (κ3) is 1.59. The van der Waals surface area contributed by atoms with E-state index in [1.807, 2.05) is 0 Å². The van der Waals surface area contributed by atoms with Crippen molar-refractivity contribution in [3.8, 4) is 0 Å². The van der Waals surface area contributed by atoms with E-state index in [0.717, 1.165) is 19.3 Å². The van der Waals surface area contributed by atoms with Crippen molar-refractivity contribution in [2.75, 3.05) is 0 Å². The molecule has 0 saturated heterocycles. The molecule has 0 N–H and O–H groups in total. The van der Waals surface area contributed by atoms with E-state index in [1.54, 1.807) is 0 Å². The number of hydrogen-bond donors (Lipinski definition) is 0. The van der Waals surface area contributed by atoms with Crippen LogP contribution in [0.25, 0.3) is 0 Å². The number of carbonyl (C=O) groups excluding carboxylic acids is 1. The van der Waals surface area contributed by atoms with Gasteiger partial charge in [0.2, 0.25) is 0 Å². The molecule has 0 aliphatic heterocycles. The molecule has 1 heteroatoms. The third-order valence-electron chi connectivity index (χ3n) is 2.27. The van der Waals surface area contributed by atoms with Crippen LogP contribution in [0.5, 0.6) is 0 Å². The van der Waals surface area contributed by atoms with E-state index in [9.17, 15) is 4.79 Å². The van der Waals surface area contributed by atoms with Gasteiger partial charge in [-0.2, -0.15) is 0 Å². The summed E-state index contributed by atoms with van der Waals surface area (Å²) in [5.41, 5.74) is 0.101. The molecule has 0 heterocycles. The van der Waals surface area contributed by atoms with Crippen LogP contribution in [-0.4, -0.2) is 5.78 Å². The summed E-state index contributed by atoms with van der Waals surface area (Å²) in [6, 6.07) is 0. The molecule has 0 aromatic carbocycles. The van der Waals surface area contributed by atoms with Gasteiger partial charge in [0.15, 0.2) is 0 Å². The Hall–Kier alpha value is -0.330. The fraction of sp³-hybridized carbons (Fsp3) is 0.889. The molecule has 0 radical (unpaired) electrons. The molecule has 0 aromatic rings. The number of rotatable bonds is 3. The van der Waals surface area contributed by atoms with Crippen molar-refractivity contribution < 1.29 is 4.79 Å². The first kappa shape index (κ1) is 7.77. The largest absolute Gasteiger partial charge is 0.299 e. The van der Waals surface area contributed by atoms with Crippen LogP contribution in [0.4, 0.5) is 0 Å². The lowest BCUT2D eigenvalue weighted by Gasteiger charge is -2.08. The van der Waals surface area contributed by atoms with Gasteiger partial charge in [0.1, 0.15) is 5.78 Å². The molecule has 0 unspecified atom stereocenters. The van der Waals surface area contributed by atoms with Gasteiger partial charge in [0, 0.05) is 11.8 Å². The Labute approximate surface area is 62.8 Å². The topological polar surface area (TPSA) is 17.1 Å². The average Bonchev–Trinajstić information content (AvgIpc) is 2.47. The maximum Gasteiger partial charge on any atom is 0.139 e. The fourth-order valence-corrected chi connectivity index (χ4v) is 1.08. The maximum atomic E-state index is 11.3. The van der Waals surface area contributed by atoms with Crippen LogP contribution in [0.2, 0.25) is 0 Å².